The minimum atomic E-state index is -0.107. The molecule has 100 valence electrons. The molecule has 0 aliphatic carbocycles. The average molecular weight is 250 g/mol. The fourth-order valence-corrected chi connectivity index (χ4v) is 1.67. The van der Waals surface area contributed by atoms with E-state index in [2.05, 4.69) is 5.32 Å². The van der Waals surface area contributed by atoms with Crippen LogP contribution in [0.5, 0.6) is 5.75 Å². The summed E-state index contributed by atoms with van der Waals surface area (Å²) in [5.74, 6) is 0.458. The second-order valence-electron chi connectivity index (χ2n) is 4.41. The zero-order chi connectivity index (χ0) is 13.5. The number of carbonyl (C=O) groups excluding carboxylic acids is 1. The molecule has 0 spiro atoms. The number of ether oxygens (including phenoxy) is 1. The minimum Gasteiger partial charge on any atom is -0.482 e. The fourth-order valence-electron chi connectivity index (χ4n) is 1.67. The van der Waals surface area contributed by atoms with Gasteiger partial charge < -0.3 is 15.8 Å². The Balaban J connectivity index is 2.49. The Hall–Kier alpha value is -1.71. The molecular formula is C14H22N2O2. The molecule has 1 aromatic rings. The number of anilines is 1. The molecule has 0 heterocycles. The quantitative estimate of drug-likeness (QED) is 0.761. The maximum absolute atomic E-state index is 11.7. The van der Waals surface area contributed by atoms with Crippen LogP contribution in [0.1, 0.15) is 32.3 Å². The van der Waals surface area contributed by atoms with E-state index in [1.165, 1.54) is 0 Å². The highest BCUT2D eigenvalue weighted by atomic mass is 16.5. The highest BCUT2D eigenvalue weighted by molar-refractivity contribution is 5.78. The lowest BCUT2D eigenvalue weighted by Crippen LogP contribution is -2.37. The molecule has 0 bridgehead atoms. The number of aryl methyl sites for hydroxylation is 1. The number of hydrogen-bond acceptors (Lipinski definition) is 3. The van der Waals surface area contributed by atoms with Gasteiger partial charge in [-0.05, 0) is 37.5 Å². The van der Waals surface area contributed by atoms with Crippen LogP contribution in [0.15, 0.2) is 18.2 Å². The van der Waals surface area contributed by atoms with Gasteiger partial charge in [-0.2, -0.15) is 0 Å². The number of nitrogens with two attached hydrogens (primary N) is 1. The Bertz CT molecular complexity index is 401. The molecule has 0 saturated carbocycles. The molecule has 0 aliphatic heterocycles. The fraction of sp³-hybridized carbons (Fsp3) is 0.500. The van der Waals surface area contributed by atoms with E-state index in [1.54, 1.807) is 6.07 Å². The smallest absolute Gasteiger partial charge is 0.258 e. The standard InChI is InChI=1S/C14H22N2O2/c1-4-11(5-2)16-14(17)9-18-13-8-10(3)6-7-12(13)15/h6-8,11H,4-5,9,15H2,1-3H3,(H,16,17). The van der Waals surface area contributed by atoms with Crippen molar-refractivity contribution in [3.63, 3.8) is 0 Å². The zero-order valence-corrected chi connectivity index (χ0v) is 11.3. The van der Waals surface area contributed by atoms with Crippen molar-refractivity contribution in [3.05, 3.63) is 23.8 Å². The largest absolute Gasteiger partial charge is 0.482 e. The van der Waals surface area contributed by atoms with Crippen molar-refractivity contribution in [2.45, 2.75) is 39.7 Å². The molecule has 3 N–H and O–H groups in total. The maximum atomic E-state index is 11.7. The van der Waals surface area contributed by atoms with Crippen molar-refractivity contribution in [1.29, 1.82) is 0 Å². The molecule has 4 nitrogen and oxygen atoms in total. The number of nitrogen functional groups attached to an aromatic ring is 1. The summed E-state index contributed by atoms with van der Waals surface area (Å²) in [5, 5.41) is 2.92. The van der Waals surface area contributed by atoms with Crippen LogP contribution in [-0.2, 0) is 4.79 Å². The summed E-state index contributed by atoms with van der Waals surface area (Å²) in [6.45, 7) is 6.06. The van der Waals surface area contributed by atoms with Gasteiger partial charge in [0.1, 0.15) is 5.75 Å². The van der Waals surface area contributed by atoms with Gasteiger partial charge in [-0.3, -0.25) is 4.79 Å². The van der Waals surface area contributed by atoms with E-state index in [4.69, 9.17) is 10.5 Å². The second kappa shape index (κ2) is 6.89. The van der Waals surface area contributed by atoms with Crippen LogP contribution < -0.4 is 15.8 Å². The Morgan fingerprint density at radius 3 is 2.67 bits per heavy atom. The van der Waals surface area contributed by atoms with Crippen LogP contribution in [0.4, 0.5) is 5.69 Å². The molecule has 0 atom stereocenters. The van der Waals surface area contributed by atoms with Crippen molar-refractivity contribution in [2.24, 2.45) is 0 Å². The van der Waals surface area contributed by atoms with Crippen LogP contribution in [-0.4, -0.2) is 18.6 Å². The van der Waals surface area contributed by atoms with Crippen molar-refractivity contribution in [3.8, 4) is 5.75 Å². The van der Waals surface area contributed by atoms with Crippen LogP contribution in [0, 0.1) is 6.92 Å². The molecule has 0 saturated heterocycles. The van der Waals surface area contributed by atoms with E-state index < -0.39 is 0 Å². The molecule has 1 amide bonds. The number of rotatable bonds is 6. The molecule has 0 unspecified atom stereocenters. The van der Waals surface area contributed by atoms with Gasteiger partial charge in [0.05, 0.1) is 5.69 Å². The maximum Gasteiger partial charge on any atom is 0.258 e. The van der Waals surface area contributed by atoms with Crippen molar-refractivity contribution >= 4 is 11.6 Å². The summed E-state index contributed by atoms with van der Waals surface area (Å²) >= 11 is 0. The van der Waals surface area contributed by atoms with Gasteiger partial charge >= 0.3 is 0 Å². The number of nitrogens with one attached hydrogen (secondary N) is 1. The Morgan fingerprint density at radius 1 is 1.39 bits per heavy atom. The third kappa shape index (κ3) is 4.28. The third-order valence-corrected chi connectivity index (χ3v) is 2.88. The Morgan fingerprint density at radius 2 is 2.06 bits per heavy atom. The summed E-state index contributed by atoms with van der Waals surface area (Å²) in [5.41, 5.74) is 7.38. The molecule has 18 heavy (non-hydrogen) atoms. The normalized spacial score (nSPS) is 10.4. The molecule has 0 radical (unpaired) electrons. The zero-order valence-electron chi connectivity index (χ0n) is 11.3. The Kier molecular flexibility index (Phi) is 5.49. The van der Waals surface area contributed by atoms with Crippen molar-refractivity contribution < 1.29 is 9.53 Å². The van der Waals surface area contributed by atoms with Crippen molar-refractivity contribution in [1.82, 2.24) is 5.32 Å². The molecule has 0 aromatic heterocycles. The van der Waals surface area contributed by atoms with Crippen LogP contribution >= 0.6 is 0 Å². The van der Waals surface area contributed by atoms with Gasteiger partial charge in [-0.15, -0.1) is 0 Å². The average Bonchev–Trinajstić information content (AvgIpc) is 2.37. The first kappa shape index (κ1) is 14.4. The number of amides is 1. The Labute approximate surface area is 109 Å². The minimum absolute atomic E-state index is 0.00412. The summed E-state index contributed by atoms with van der Waals surface area (Å²) < 4.78 is 5.43. The summed E-state index contributed by atoms with van der Waals surface area (Å²) in [6, 6.07) is 5.74. The van der Waals surface area contributed by atoms with Gasteiger partial charge in [0.25, 0.3) is 5.91 Å². The molecular weight excluding hydrogens is 228 g/mol. The molecule has 1 aromatic carbocycles. The van der Waals surface area contributed by atoms with Crippen molar-refractivity contribution in [2.75, 3.05) is 12.3 Å². The summed E-state index contributed by atoms with van der Waals surface area (Å²) in [6.07, 6.45) is 1.85. The number of carbonyl (C=O) groups is 1. The van der Waals surface area contributed by atoms with E-state index in [0.29, 0.717) is 11.4 Å². The lowest BCUT2D eigenvalue weighted by atomic mass is 10.2. The summed E-state index contributed by atoms with van der Waals surface area (Å²) in [4.78, 5) is 11.7. The van der Waals surface area contributed by atoms with Gasteiger partial charge in [0.15, 0.2) is 6.61 Å². The number of hydrogen-bond donors (Lipinski definition) is 2. The molecule has 0 aliphatic rings. The number of benzene rings is 1. The predicted molar refractivity (Wildman–Crippen MR) is 73.6 cm³/mol. The van der Waals surface area contributed by atoms with Crippen LogP contribution in [0.3, 0.4) is 0 Å². The van der Waals surface area contributed by atoms with Gasteiger partial charge in [0, 0.05) is 6.04 Å². The summed E-state index contributed by atoms with van der Waals surface area (Å²) in [7, 11) is 0. The van der Waals surface area contributed by atoms with E-state index >= 15 is 0 Å². The lowest BCUT2D eigenvalue weighted by Gasteiger charge is -2.15. The highest BCUT2D eigenvalue weighted by Crippen LogP contribution is 2.22. The van der Waals surface area contributed by atoms with E-state index in [0.717, 1.165) is 18.4 Å². The van der Waals surface area contributed by atoms with Crippen LogP contribution in [0.25, 0.3) is 0 Å². The van der Waals surface area contributed by atoms with Gasteiger partial charge in [0.2, 0.25) is 0 Å². The highest BCUT2D eigenvalue weighted by Gasteiger charge is 2.09. The molecule has 1 rings (SSSR count). The monoisotopic (exact) mass is 250 g/mol. The SMILES string of the molecule is CCC(CC)NC(=O)COc1cc(C)ccc1N. The second-order valence-corrected chi connectivity index (χ2v) is 4.41. The first-order valence-electron chi connectivity index (χ1n) is 6.35. The van der Waals surface area contributed by atoms with Gasteiger partial charge in [-0.1, -0.05) is 19.9 Å². The third-order valence-electron chi connectivity index (χ3n) is 2.88. The lowest BCUT2D eigenvalue weighted by molar-refractivity contribution is -0.123. The topological polar surface area (TPSA) is 64.3 Å². The van der Waals surface area contributed by atoms with Gasteiger partial charge in [-0.25, -0.2) is 0 Å². The van der Waals surface area contributed by atoms with E-state index in [-0.39, 0.29) is 18.6 Å². The first-order chi connectivity index (χ1) is 8.56. The molecule has 4 heteroatoms. The van der Waals surface area contributed by atoms with E-state index in [9.17, 15) is 4.79 Å². The first-order valence-corrected chi connectivity index (χ1v) is 6.35. The molecule has 0 fully saturated rings. The predicted octanol–water partition coefficient (Wildman–Crippen LogP) is 2.26. The van der Waals surface area contributed by atoms with E-state index in [1.807, 2.05) is 32.9 Å². The van der Waals surface area contributed by atoms with Crippen LogP contribution in [0.2, 0.25) is 0 Å².